The maximum atomic E-state index is 11.4. The van der Waals surface area contributed by atoms with E-state index in [1.54, 1.807) is 0 Å². The molecule has 2 atom stereocenters. The summed E-state index contributed by atoms with van der Waals surface area (Å²) in [6.45, 7) is 4.57. The second-order valence-electron chi connectivity index (χ2n) is 4.85. The summed E-state index contributed by atoms with van der Waals surface area (Å²) in [7, 11) is 0. The van der Waals surface area contributed by atoms with Crippen LogP contribution < -0.4 is 11.1 Å². The minimum absolute atomic E-state index is 0.210. The van der Waals surface area contributed by atoms with Crippen LogP contribution in [-0.4, -0.2) is 21.9 Å². The first-order valence-electron chi connectivity index (χ1n) is 6.58. The van der Waals surface area contributed by atoms with Crippen LogP contribution in [-0.2, 0) is 11.3 Å². The van der Waals surface area contributed by atoms with E-state index in [0.717, 1.165) is 23.3 Å². The fourth-order valence-corrected chi connectivity index (χ4v) is 2.11. The lowest BCUT2D eigenvalue weighted by atomic mass is 9.99. The van der Waals surface area contributed by atoms with Gasteiger partial charge in [0.1, 0.15) is 5.82 Å². The monoisotopic (exact) mass is 260 g/mol. The van der Waals surface area contributed by atoms with Crippen molar-refractivity contribution in [2.24, 2.45) is 11.7 Å². The van der Waals surface area contributed by atoms with Gasteiger partial charge < -0.3 is 10.7 Å². The van der Waals surface area contributed by atoms with Crippen LogP contribution in [0.5, 0.6) is 0 Å². The zero-order valence-electron chi connectivity index (χ0n) is 11.3. The normalized spacial score (nSPS) is 14.4. The summed E-state index contributed by atoms with van der Waals surface area (Å²) in [5.74, 6) is 0.711. The summed E-state index contributed by atoms with van der Waals surface area (Å²) in [5, 5.41) is 3.18. The molecule has 5 nitrogen and oxygen atoms in total. The molecule has 0 saturated heterocycles. The number of amides is 1. The van der Waals surface area contributed by atoms with E-state index in [9.17, 15) is 4.79 Å². The number of carbonyl (C=O) groups is 1. The molecular formula is C14H20N4O. The van der Waals surface area contributed by atoms with Gasteiger partial charge in [0, 0.05) is 0 Å². The number of hydrogen-bond donors (Lipinski definition) is 3. The molecule has 0 spiro atoms. The van der Waals surface area contributed by atoms with Gasteiger partial charge in [0.25, 0.3) is 0 Å². The van der Waals surface area contributed by atoms with Gasteiger partial charge in [0.15, 0.2) is 0 Å². The fourth-order valence-electron chi connectivity index (χ4n) is 2.11. The van der Waals surface area contributed by atoms with Crippen molar-refractivity contribution in [3.8, 4) is 0 Å². The Hall–Kier alpha value is -1.88. The topological polar surface area (TPSA) is 83.8 Å². The second kappa shape index (κ2) is 5.84. The molecule has 0 radical (unpaired) electrons. The molecule has 5 heteroatoms. The van der Waals surface area contributed by atoms with E-state index >= 15 is 0 Å². The van der Waals surface area contributed by atoms with Crippen LogP contribution in [0.1, 0.15) is 26.1 Å². The number of nitrogens with zero attached hydrogens (tertiary/aromatic N) is 1. The molecule has 1 aromatic heterocycles. The Balaban J connectivity index is 2.06. The lowest BCUT2D eigenvalue weighted by Gasteiger charge is -2.20. The number of primary amides is 1. The lowest BCUT2D eigenvalue weighted by Crippen LogP contribution is -2.45. The highest BCUT2D eigenvalue weighted by atomic mass is 16.1. The summed E-state index contributed by atoms with van der Waals surface area (Å²) >= 11 is 0. The summed E-state index contributed by atoms with van der Waals surface area (Å²) in [6.07, 6.45) is 0.904. The third-order valence-corrected chi connectivity index (χ3v) is 3.45. The van der Waals surface area contributed by atoms with Crippen LogP contribution in [0, 0.1) is 5.92 Å². The number of fused-ring (bicyclic) bond motifs is 1. The molecule has 19 heavy (non-hydrogen) atoms. The summed E-state index contributed by atoms with van der Waals surface area (Å²) < 4.78 is 0. The van der Waals surface area contributed by atoms with Gasteiger partial charge in [-0.15, -0.1) is 0 Å². The Bertz CT molecular complexity index is 530. The van der Waals surface area contributed by atoms with Gasteiger partial charge in [0.2, 0.25) is 5.91 Å². The lowest BCUT2D eigenvalue weighted by molar-refractivity contribution is -0.121. The van der Waals surface area contributed by atoms with E-state index in [1.165, 1.54) is 0 Å². The number of nitrogens with one attached hydrogen (secondary N) is 2. The first-order valence-corrected chi connectivity index (χ1v) is 6.58. The fraction of sp³-hybridized carbons (Fsp3) is 0.429. The summed E-state index contributed by atoms with van der Waals surface area (Å²) in [4.78, 5) is 19.1. The van der Waals surface area contributed by atoms with Crippen LogP contribution in [0.4, 0.5) is 0 Å². The smallest absolute Gasteiger partial charge is 0.234 e. The number of nitrogens with two attached hydrogens (primary N) is 1. The number of aromatic amines is 1. The van der Waals surface area contributed by atoms with Gasteiger partial charge in [-0.1, -0.05) is 32.4 Å². The number of H-pyrrole nitrogens is 1. The third kappa shape index (κ3) is 3.12. The molecule has 2 aromatic rings. The maximum absolute atomic E-state index is 11.4. The van der Waals surface area contributed by atoms with Crippen LogP contribution in [0.2, 0.25) is 0 Å². The predicted octanol–water partition coefficient (Wildman–Crippen LogP) is 1.55. The van der Waals surface area contributed by atoms with Crippen LogP contribution in [0.25, 0.3) is 11.0 Å². The molecule has 0 aliphatic carbocycles. The van der Waals surface area contributed by atoms with Crippen molar-refractivity contribution < 1.29 is 4.79 Å². The molecule has 1 heterocycles. The van der Waals surface area contributed by atoms with Crippen molar-refractivity contribution in [2.75, 3.05) is 0 Å². The SMILES string of the molecule is CC[C@H](C)[C@H](NCc1nc2ccccc2[nH]1)C(N)=O. The molecule has 102 valence electrons. The minimum Gasteiger partial charge on any atom is -0.368 e. The molecule has 0 aliphatic heterocycles. The average Bonchev–Trinajstić information content (AvgIpc) is 2.80. The Kier molecular flexibility index (Phi) is 4.16. The van der Waals surface area contributed by atoms with Gasteiger partial charge in [-0.25, -0.2) is 4.98 Å². The van der Waals surface area contributed by atoms with Gasteiger partial charge in [-0.05, 0) is 18.1 Å². The largest absolute Gasteiger partial charge is 0.368 e. The van der Waals surface area contributed by atoms with E-state index in [-0.39, 0.29) is 17.9 Å². The molecule has 0 saturated carbocycles. The number of rotatable bonds is 6. The number of carbonyl (C=O) groups excluding carboxylic acids is 1. The van der Waals surface area contributed by atoms with E-state index in [0.29, 0.717) is 6.54 Å². The highest BCUT2D eigenvalue weighted by Crippen LogP contribution is 2.11. The highest BCUT2D eigenvalue weighted by molar-refractivity contribution is 5.80. The van der Waals surface area contributed by atoms with Crippen molar-refractivity contribution in [3.05, 3.63) is 30.1 Å². The van der Waals surface area contributed by atoms with E-state index in [2.05, 4.69) is 15.3 Å². The summed E-state index contributed by atoms with van der Waals surface area (Å²) in [5.41, 5.74) is 7.35. The van der Waals surface area contributed by atoms with Crippen molar-refractivity contribution in [3.63, 3.8) is 0 Å². The standard InChI is InChI=1S/C14H20N4O/c1-3-9(2)13(14(15)19)16-8-12-17-10-6-4-5-7-11(10)18-12/h4-7,9,13,16H,3,8H2,1-2H3,(H2,15,19)(H,17,18)/t9-,13-/m0/s1. The summed E-state index contributed by atoms with van der Waals surface area (Å²) in [6, 6.07) is 7.52. The van der Waals surface area contributed by atoms with Crippen LogP contribution in [0.15, 0.2) is 24.3 Å². The van der Waals surface area contributed by atoms with Crippen molar-refractivity contribution in [2.45, 2.75) is 32.9 Å². The number of para-hydroxylation sites is 2. The molecule has 1 amide bonds. The van der Waals surface area contributed by atoms with E-state index in [1.807, 2.05) is 38.1 Å². The predicted molar refractivity (Wildman–Crippen MR) is 75.4 cm³/mol. The van der Waals surface area contributed by atoms with Crippen LogP contribution >= 0.6 is 0 Å². The minimum atomic E-state index is -0.321. The first kappa shape index (κ1) is 13.5. The molecule has 0 fully saturated rings. The van der Waals surface area contributed by atoms with Crippen LogP contribution in [0.3, 0.4) is 0 Å². The van der Waals surface area contributed by atoms with Crippen molar-refractivity contribution in [1.29, 1.82) is 0 Å². The molecule has 0 unspecified atom stereocenters. The molecule has 0 bridgehead atoms. The molecule has 1 aromatic carbocycles. The van der Waals surface area contributed by atoms with Gasteiger partial charge in [-0.3, -0.25) is 10.1 Å². The number of aromatic nitrogens is 2. The molecule has 4 N–H and O–H groups in total. The quantitative estimate of drug-likeness (QED) is 0.737. The first-order chi connectivity index (χ1) is 9.11. The van der Waals surface area contributed by atoms with Gasteiger partial charge >= 0.3 is 0 Å². The zero-order valence-corrected chi connectivity index (χ0v) is 11.3. The number of hydrogen-bond acceptors (Lipinski definition) is 3. The second-order valence-corrected chi connectivity index (χ2v) is 4.85. The average molecular weight is 260 g/mol. The van der Waals surface area contributed by atoms with Gasteiger partial charge in [-0.2, -0.15) is 0 Å². The van der Waals surface area contributed by atoms with Gasteiger partial charge in [0.05, 0.1) is 23.6 Å². The molecular weight excluding hydrogens is 240 g/mol. The Morgan fingerprint density at radius 2 is 2.21 bits per heavy atom. The van der Waals surface area contributed by atoms with Crippen molar-refractivity contribution in [1.82, 2.24) is 15.3 Å². The Labute approximate surface area is 112 Å². The Morgan fingerprint density at radius 1 is 1.47 bits per heavy atom. The number of benzene rings is 1. The number of imidazole rings is 1. The molecule has 2 rings (SSSR count). The highest BCUT2D eigenvalue weighted by Gasteiger charge is 2.21. The van der Waals surface area contributed by atoms with Crippen molar-refractivity contribution >= 4 is 16.9 Å². The van der Waals surface area contributed by atoms with E-state index in [4.69, 9.17) is 5.73 Å². The Morgan fingerprint density at radius 3 is 2.84 bits per heavy atom. The van der Waals surface area contributed by atoms with E-state index < -0.39 is 0 Å². The third-order valence-electron chi connectivity index (χ3n) is 3.45. The molecule has 0 aliphatic rings. The zero-order chi connectivity index (χ0) is 13.8. The maximum Gasteiger partial charge on any atom is 0.234 e.